The summed E-state index contributed by atoms with van der Waals surface area (Å²) in [5.41, 5.74) is 2.30. The molecule has 0 spiro atoms. The lowest BCUT2D eigenvalue weighted by molar-refractivity contribution is -0.140. The molecule has 2 aromatic carbocycles. The van der Waals surface area contributed by atoms with Gasteiger partial charge in [-0.25, -0.2) is 4.39 Å². The van der Waals surface area contributed by atoms with E-state index in [1.54, 1.807) is 24.3 Å². The van der Waals surface area contributed by atoms with Crippen molar-refractivity contribution in [2.45, 2.75) is 19.4 Å². The van der Waals surface area contributed by atoms with Crippen LogP contribution in [0.15, 0.2) is 66.3 Å². The lowest BCUT2D eigenvalue weighted by Crippen LogP contribution is -2.28. The average Bonchev–Trinajstić information content (AvgIpc) is 3.52. The molecule has 2 aliphatic carbocycles. The van der Waals surface area contributed by atoms with Crippen LogP contribution in [0.1, 0.15) is 23.1 Å². The van der Waals surface area contributed by atoms with E-state index in [2.05, 4.69) is 23.8 Å². The Morgan fingerprint density at radius 3 is 2.41 bits per heavy atom. The van der Waals surface area contributed by atoms with E-state index in [-0.39, 0.29) is 47.9 Å². The van der Waals surface area contributed by atoms with Gasteiger partial charge in [0, 0.05) is 5.56 Å². The van der Waals surface area contributed by atoms with Crippen LogP contribution in [0.3, 0.4) is 0 Å². The second-order valence-electron chi connectivity index (χ2n) is 8.85. The van der Waals surface area contributed by atoms with Crippen LogP contribution in [-0.4, -0.2) is 30.1 Å². The minimum Gasteiger partial charge on any atom is -0.493 e. The maximum atomic E-state index is 13.2. The first-order valence-electron chi connectivity index (χ1n) is 11.3. The topological polar surface area (TPSA) is 68.2 Å². The number of allylic oxidation sites excluding steroid dienone is 3. The Morgan fingerprint density at radius 2 is 1.79 bits per heavy atom. The fourth-order valence-electron chi connectivity index (χ4n) is 5.24. The van der Waals surface area contributed by atoms with Crippen molar-refractivity contribution < 1.29 is 23.5 Å². The molecular formula is C27H25FN2O4. The van der Waals surface area contributed by atoms with Gasteiger partial charge in [0.2, 0.25) is 0 Å². The Bertz CT molecular complexity index is 1170. The van der Waals surface area contributed by atoms with Crippen LogP contribution in [0.2, 0.25) is 0 Å². The number of hydrogen-bond donors (Lipinski definition) is 0. The SMILES string of the molecule is C=CCc1cc(C=NN2C(=O)[C@@H]3[C@H](C2=O)[C@H]2C=C[C@H]3C2)cc(OC)c1OCc1ccc(F)cc1. The molecule has 2 amide bonds. The van der Waals surface area contributed by atoms with Gasteiger partial charge in [0.25, 0.3) is 11.8 Å². The van der Waals surface area contributed by atoms with Gasteiger partial charge >= 0.3 is 0 Å². The van der Waals surface area contributed by atoms with Crippen molar-refractivity contribution >= 4 is 18.0 Å². The molecule has 174 valence electrons. The molecule has 1 saturated carbocycles. The number of imide groups is 1. The van der Waals surface area contributed by atoms with E-state index in [1.165, 1.54) is 25.5 Å². The van der Waals surface area contributed by atoms with E-state index >= 15 is 0 Å². The van der Waals surface area contributed by atoms with Crippen LogP contribution in [0.4, 0.5) is 4.39 Å². The molecule has 34 heavy (non-hydrogen) atoms. The van der Waals surface area contributed by atoms with Crippen molar-refractivity contribution in [1.82, 2.24) is 5.01 Å². The van der Waals surface area contributed by atoms with E-state index in [0.717, 1.165) is 22.6 Å². The van der Waals surface area contributed by atoms with Crippen molar-refractivity contribution in [3.05, 3.63) is 83.7 Å². The van der Waals surface area contributed by atoms with Crippen LogP contribution in [0.25, 0.3) is 0 Å². The molecule has 0 radical (unpaired) electrons. The van der Waals surface area contributed by atoms with Crippen molar-refractivity contribution in [3.8, 4) is 11.5 Å². The summed E-state index contributed by atoms with van der Waals surface area (Å²) in [7, 11) is 1.54. The summed E-state index contributed by atoms with van der Waals surface area (Å²) in [6, 6.07) is 9.71. The number of benzene rings is 2. The third-order valence-corrected chi connectivity index (χ3v) is 6.80. The first-order valence-corrected chi connectivity index (χ1v) is 11.3. The van der Waals surface area contributed by atoms with Gasteiger partial charge < -0.3 is 9.47 Å². The monoisotopic (exact) mass is 460 g/mol. The minimum absolute atomic E-state index is 0.142. The second-order valence-corrected chi connectivity index (χ2v) is 8.85. The van der Waals surface area contributed by atoms with Gasteiger partial charge in [0.05, 0.1) is 25.2 Å². The third kappa shape index (κ3) is 3.81. The molecule has 0 unspecified atom stereocenters. The van der Waals surface area contributed by atoms with E-state index in [4.69, 9.17) is 9.47 Å². The van der Waals surface area contributed by atoms with Gasteiger partial charge in [-0.1, -0.05) is 30.4 Å². The Hall–Kier alpha value is -3.74. The summed E-state index contributed by atoms with van der Waals surface area (Å²) in [6.45, 7) is 4.06. The first kappa shape index (κ1) is 22.1. The molecule has 4 atom stereocenters. The van der Waals surface area contributed by atoms with Gasteiger partial charge in [-0.2, -0.15) is 10.1 Å². The summed E-state index contributed by atoms with van der Waals surface area (Å²) in [5, 5.41) is 5.29. The molecule has 2 bridgehead atoms. The zero-order valence-electron chi connectivity index (χ0n) is 18.8. The molecule has 3 aliphatic rings. The number of nitrogens with zero attached hydrogens (tertiary/aromatic N) is 2. The molecule has 1 aliphatic heterocycles. The van der Waals surface area contributed by atoms with E-state index < -0.39 is 0 Å². The fourth-order valence-corrected chi connectivity index (χ4v) is 5.24. The molecule has 0 N–H and O–H groups in total. The number of rotatable bonds is 8. The molecule has 0 aromatic heterocycles. The van der Waals surface area contributed by atoms with Gasteiger partial charge in [0.15, 0.2) is 11.5 Å². The smallest absolute Gasteiger partial charge is 0.254 e. The first-order chi connectivity index (χ1) is 16.5. The predicted molar refractivity (Wildman–Crippen MR) is 125 cm³/mol. The van der Waals surface area contributed by atoms with E-state index in [0.29, 0.717) is 23.5 Å². The molecule has 1 saturated heterocycles. The van der Waals surface area contributed by atoms with Crippen LogP contribution in [-0.2, 0) is 22.6 Å². The number of halogens is 1. The van der Waals surface area contributed by atoms with Crippen molar-refractivity contribution in [1.29, 1.82) is 0 Å². The van der Waals surface area contributed by atoms with E-state index in [9.17, 15) is 14.0 Å². The van der Waals surface area contributed by atoms with Crippen LogP contribution in [0.5, 0.6) is 11.5 Å². The number of amides is 2. The number of carbonyl (C=O) groups is 2. The summed E-state index contributed by atoms with van der Waals surface area (Å²) in [5.74, 6) is 0.00373. The number of fused-ring (bicyclic) bond motifs is 5. The second kappa shape index (κ2) is 8.89. The van der Waals surface area contributed by atoms with Crippen LogP contribution in [0, 0.1) is 29.5 Å². The zero-order valence-corrected chi connectivity index (χ0v) is 18.8. The van der Waals surface area contributed by atoms with Gasteiger partial charge in [0.1, 0.15) is 12.4 Å². The van der Waals surface area contributed by atoms with Crippen molar-refractivity contribution in [2.75, 3.05) is 7.11 Å². The largest absolute Gasteiger partial charge is 0.493 e. The number of hydrogen-bond acceptors (Lipinski definition) is 5. The van der Waals surface area contributed by atoms with Gasteiger partial charge in [-0.3, -0.25) is 9.59 Å². The minimum atomic E-state index is -0.306. The molecule has 2 aromatic rings. The summed E-state index contributed by atoms with van der Waals surface area (Å²) in [6.07, 6.45) is 8.76. The Morgan fingerprint density at radius 1 is 1.12 bits per heavy atom. The fraction of sp³-hybridized carbons (Fsp3) is 0.296. The third-order valence-electron chi connectivity index (χ3n) is 6.80. The van der Waals surface area contributed by atoms with Gasteiger partial charge in [-0.05, 0) is 60.1 Å². The van der Waals surface area contributed by atoms with Crippen LogP contribution >= 0.6 is 0 Å². The zero-order chi connectivity index (χ0) is 23.8. The number of carbonyl (C=O) groups excluding carboxylic acids is 2. The normalized spacial score (nSPS) is 24.8. The van der Waals surface area contributed by atoms with Gasteiger partial charge in [-0.15, -0.1) is 6.58 Å². The maximum Gasteiger partial charge on any atom is 0.254 e. The predicted octanol–water partition coefficient (Wildman–Crippen LogP) is 4.28. The highest BCUT2D eigenvalue weighted by molar-refractivity contribution is 6.06. The maximum absolute atomic E-state index is 13.2. The molecule has 5 rings (SSSR count). The highest BCUT2D eigenvalue weighted by Gasteiger charge is 2.59. The molecular weight excluding hydrogens is 435 g/mol. The number of methoxy groups -OCH3 is 1. The Labute approximate surface area is 197 Å². The lowest BCUT2D eigenvalue weighted by Gasteiger charge is -2.16. The summed E-state index contributed by atoms with van der Waals surface area (Å²) >= 11 is 0. The Balaban J connectivity index is 1.38. The van der Waals surface area contributed by atoms with Crippen LogP contribution < -0.4 is 9.47 Å². The lowest BCUT2D eigenvalue weighted by atomic mass is 9.85. The highest BCUT2D eigenvalue weighted by Crippen LogP contribution is 2.52. The molecule has 6 nitrogen and oxygen atoms in total. The Kier molecular flexibility index (Phi) is 5.77. The highest BCUT2D eigenvalue weighted by atomic mass is 19.1. The quantitative estimate of drug-likeness (QED) is 0.335. The average molecular weight is 461 g/mol. The molecule has 1 heterocycles. The number of ether oxygens (including phenoxy) is 2. The van der Waals surface area contributed by atoms with E-state index in [1.807, 2.05) is 6.07 Å². The molecule has 2 fully saturated rings. The summed E-state index contributed by atoms with van der Waals surface area (Å²) < 4.78 is 24.8. The standard InChI is InChI=1S/C27H25FN2O4/c1-3-4-20-11-17(12-22(33-2)25(20)34-15-16-5-9-21(28)10-6-16)14-29-30-26(31)23-18-7-8-19(13-18)24(23)27(30)32/h3,5-12,14,18-19,23-24H,1,4,13,15H2,2H3/t18-,19-,23-,24+/m0/s1. The molecule has 7 heteroatoms. The van der Waals surface area contributed by atoms with Crippen molar-refractivity contribution in [2.24, 2.45) is 28.8 Å². The number of hydrazone groups is 1. The van der Waals surface area contributed by atoms with Crippen molar-refractivity contribution in [3.63, 3.8) is 0 Å². The summed E-state index contributed by atoms with van der Waals surface area (Å²) in [4.78, 5) is 25.7.